The highest BCUT2D eigenvalue weighted by atomic mass is 32.1. The second kappa shape index (κ2) is 6.36. The van der Waals surface area contributed by atoms with Gasteiger partial charge >= 0.3 is 0 Å². The molecule has 1 amide bonds. The van der Waals surface area contributed by atoms with Crippen LogP contribution in [0.3, 0.4) is 0 Å². The van der Waals surface area contributed by atoms with E-state index in [1.54, 1.807) is 29.5 Å². The van der Waals surface area contributed by atoms with Crippen LogP contribution in [-0.4, -0.2) is 45.9 Å². The van der Waals surface area contributed by atoms with Crippen LogP contribution in [0.25, 0.3) is 0 Å². The number of carbonyl (C=O) groups is 1. The van der Waals surface area contributed by atoms with E-state index in [4.69, 9.17) is 0 Å². The molecule has 0 unspecified atom stereocenters. The Labute approximate surface area is 127 Å². The maximum Gasteiger partial charge on any atom is 0.276 e. The molecule has 0 bridgehead atoms. The van der Waals surface area contributed by atoms with Crippen molar-refractivity contribution in [3.8, 4) is 0 Å². The summed E-state index contributed by atoms with van der Waals surface area (Å²) in [5.41, 5.74) is 0.424. The minimum atomic E-state index is -0.0800. The normalized spacial score (nSPS) is 16.0. The van der Waals surface area contributed by atoms with E-state index in [-0.39, 0.29) is 5.91 Å². The van der Waals surface area contributed by atoms with Crippen molar-refractivity contribution in [2.24, 2.45) is 0 Å². The molecule has 1 aliphatic heterocycles. The van der Waals surface area contributed by atoms with Crippen LogP contribution in [0.1, 0.15) is 34.2 Å². The maximum absolute atomic E-state index is 12.4. The van der Waals surface area contributed by atoms with Crippen LogP contribution >= 0.6 is 11.3 Å². The highest BCUT2D eigenvalue weighted by Crippen LogP contribution is 2.18. The number of rotatable bonds is 4. The van der Waals surface area contributed by atoms with Crippen molar-refractivity contribution in [3.05, 3.63) is 34.3 Å². The third-order valence-electron chi connectivity index (χ3n) is 3.73. The number of nitrogens with zero attached hydrogens (tertiary/aromatic N) is 4. The summed E-state index contributed by atoms with van der Waals surface area (Å²) in [6.07, 6.45) is 3.84. The lowest BCUT2D eigenvalue weighted by atomic mass is 10.1. The van der Waals surface area contributed by atoms with Gasteiger partial charge in [-0.1, -0.05) is 11.3 Å². The van der Waals surface area contributed by atoms with Crippen LogP contribution in [0.4, 0.5) is 0 Å². The van der Waals surface area contributed by atoms with Crippen molar-refractivity contribution in [1.29, 1.82) is 0 Å². The standard InChI is InChI=1S/C14H19N5OS/c1-18(9-12-3-2-8-21-12)14(20)13-10-19(17-16-13)11-4-6-15-7-5-11/h2-3,8,10-11,15H,4-7,9H2,1H3. The van der Waals surface area contributed by atoms with Gasteiger partial charge in [0.05, 0.1) is 18.8 Å². The molecule has 1 N–H and O–H groups in total. The molecular formula is C14H19N5OS. The van der Waals surface area contributed by atoms with Crippen LogP contribution in [0, 0.1) is 0 Å². The Morgan fingerprint density at radius 3 is 3.05 bits per heavy atom. The van der Waals surface area contributed by atoms with Crippen LogP contribution in [0.5, 0.6) is 0 Å². The Bertz CT molecular complexity index is 588. The van der Waals surface area contributed by atoms with Gasteiger partial charge in [-0.3, -0.25) is 4.79 Å². The molecule has 1 fully saturated rings. The van der Waals surface area contributed by atoms with E-state index in [9.17, 15) is 4.79 Å². The predicted molar refractivity (Wildman–Crippen MR) is 81.3 cm³/mol. The zero-order valence-electron chi connectivity index (χ0n) is 12.0. The molecule has 0 atom stereocenters. The van der Waals surface area contributed by atoms with Gasteiger partial charge in [0.15, 0.2) is 5.69 Å². The summed E-state index contributed by atoms with van der Waals surface area (Å²) < 4.78 is 1.84. The molecule has 0 radical (unpaired) electrons. The summed E-state index contributed by atoms with van der Waals surface area (Å²) in [5, 5.41) is 13.5. The van der Waals surface area contributed by atoms with Crippen molar-refractivity contribution in [2.75, 3.05) is 20.1 Å². The fraction of sp³-hybridized carbons (Fsp3) is 0.500. The van der Waals surface area contributed by atoms with Gasteiger partial charge in [0, 0.05) is 11.9 Å². The Morgan fingerprint density at radius 2 is 2.33 bits per heavy atom. The number of aromatic nitrogens is 3. The number of hydrogen-bond acceptors (Lipinski definition) is 5. The Balaban J connectivity index is 1.65. The van der Waals surface area contributed by atoms with E-state index in [1.165, 1.54) is 0 Å². The van der Waals surface area contributed by atoms with Crippen LogP contribution in [0.15, 0.2) is 23.7 Å². The fourth-order valence-corrected chi connectivity index (χ4v) is 3.29. The summed E-state index contributed by atoms with van der Waals surface area (Å²) >= 11 is 1.65. The summed E-state index contributed by atoms with van der Waals surface area (Å²) in [4.78, 5) is 15.2. The average molecular weight is 305 g/mol. The number of thiophene rings is 1. The Hall–Kier alpha value is -1.73. The van der Waals surface area contributed by atoms with Gasteiger partial charge in [0.25, 0.3) is 5.91 Å². The minimum absolute atomic E-state index is 0.0800. The zero-order valence-corrected chi connectivity index (χ0v) is 12.8. The van der Waals surface area contributed by atoms with Gasteiger partial charge < -0.3 is 10.2 Å². The minimum Gasteiger partial charge on any atom is -0.335 e. The summed E-state index contributed by atoms with van der Waals surface area (Å²) in [7, 11) is 1.80. The van der Waals surface area contributed by atoms with Crippen molar-refractivity contribution in [2.45, 2.75) is 25.4 Å². The highest BCUT2D eigenvalue weighted by molar-refractivity contribution is 7.09. The molecule has 6 nitrogen and oxygen atoms in total. The number of amides is 1. The van der Waals surface area contributed by atoms with Crippen molar-refractivity contribution < 1.29 is 4.79 Å². The molecule has 2 aromatic heterocycles. The number of nitrogens with one attached hydrogen (secondary N) is 1. The number of carbonyl (C=O) groups excluding carboxylic acids is 1. The van der Waals surface area contributed by atoms with E-state index in [2.05, 4.69) is 15.6 Å². The summed E-state index contributed by atoms with van der Waals surface area (Å²) in [6.45, 7) is 2.59. The highest BCUT2D eigenvalue weighted by Gasteiger charge is 2.20. The van der Waals surface area contributed by atoms with Crippen molar-refractivity contribution in [1.82, 2.24) is 25.2 Å². The Morgan fingerprint density at radius 1 is 1.52 bits per heavy atom. The van der Waals surface area contributed by atoms with Crippen molar-refractivity contribution in [3.63, 3.8) is 0 Å². The molecule has 2 aromatic rings. The fourth-order valence-electron chi connectivity index (χ4n) is 2.53. The zero-order chi connectivity index (χ0) is 14.7. The van der Waals surface area contributed by atoms with E-state index in [0.717, 1.165) is 30.8 Å². The smallest absolute Gasteiger partial charge is 0.276 e. The first-order chi connectivity index (χ1) is 10.2. The van der Waals surface area contributed by atoms with Gasteiger partial charge in [-0.25, -0.2) is 4.68 Å². The summed E-state index contributed by atoms with van der Waals surface area (Å²) in [6, 6.07) is 4.37. The van der Waals surface area contributed by atoms with Gasteiger partial charge in [-0.05, 0) is 37.4 Å². The monoisotopic (exact) mass is 305 g/mol. The molecule has 1 aliphatic rings. The molecule has 112 valence electrons. The third kappa shape index (κ3) is 3.30. The predicted octanol–water partition coefficient (Wildman–Crippen LogP) is 1.54. The maximum atomic E-state index is 12.4. The molecule has 21 heavy (non-hydrogen) atoms. The van der Waals surface area contributed by atoms with E-state index < -0.39 is 0 Å². The molecular weight excluding hydrogens is 286 g/mol. The van der Waals surface area contributed by atoms with Gasteiger partial charge in [0.1, 0.15) is 0 Å². The quantitative estimate of drug-likeness (QED) is 0.930. The third-order valence-corrected chi connectivity index (χ3v) is 4.59. The van der Waals surface area contributed by atoms with Gasteiger partial charge in [-0.15, -0.1) is 16.4 Å². The average Bonchev–Trinajstić information content (AvgIpc) is 3.18. The van der Waals surface area contributed by atoms with E-state index >= 15 is 0 Å². The lowest BCUT2D eigenvalue weighted by molar-refractivity contribution is 0.0780. The number of hydrogen-bond donors (Lipinski definition) is 1. The second-order valence-corrected chi connectivity index (χ2v) is 6.34. The molecule has 0 aromatic carbocycles. The second-order valence-electron chi connectivity index (χ2n) is 5.31. The Kier molecular flexibility index (Phi) is 4.31. The molecule has 0 spiro atoms. The molecule has 0 aliphatic carbocycles. The molecule has 3 heterocycles. The summed E-state index contributed by atoms with van der Waals surface area (Å²) in [5.74, 6) is -0.0800. The lowest BCUT2D eigenvalue weighted by Crippen LogP contribution is -2.29. The van der Waals surface area contributed by atoms with Crippen molar-refractivity contribution >= 4 is 17.2 Å². The lowest BCUT2D eigenvalue weighted by Gasteiger charge is -2.22. The largest absolute Gasteiger partial charge is 0.335 e. The molecule has 3 rings (SSSR count). The van der Waals surface area contributed by atoms with Crippen LogP contribution in [-0.2, 0) is 6.54 Å². The number of piperidine rings is 1. The molecule has 7 heteroatoms. The first kappa shape index (κ1) is 14.2. The first-order valence-corrected chi connectivity index (χ1v) is 8.02. The van der Waals surface area contributed by atoms with Crippen LogP contribution < -0.4 is 5.32 Å². The van der Waals surface area contributed by atoms with Gasteiger partial charge in [-0.2, -0.15) is 0 Å². The first-order valence-electron chi connectivity index (χ1n) is 7.14. The topological polar surface area (TPSA) is 63.1 Å². The van der Waals surface area contributed by atoms with E-state index in [0.29, 0.717) is 18.3 Å². The van der Waals surface area contributed by atoms with Crippen LogP contribution in [0.2, 0.25) is 0 Å². The molecule has 1 saturated heterocycles. The SMILES string of the molecule is CN(Cc1cccs1)C(=O)c1cn(C2CCNCC2)nn1. The van der Waals surface area contributed by atoms with E-state index in [1.807, 2.05) is 22.2 Å². The van der Waals surface area contributed by atoms with Gasteiger partial charge in [0.2, 0.25) is 0 Å². The molecule has 0 saturated carbocycles.